The van der Waals surface area contributed by atoms with Crippen molar-refractivity contribution in [1.29, 1.82) is 0 Å². The van der Waals surface area contributed by atoms with Crippen molar-refractivity contribution in [1.82, 2.24) is 0 Å². The van der Waals surface area contributed by atoms with Crippen LogP contribution in [0.2, 0.25) is 4.34 Å². The highest BCUT2D eigenvalue weighted by Gasteiger charge is 2.41. The van der Waals surface area contributed by atoms with Crippen molar-refractivity contribution in [2.75, 3.05) is 0 Å². The molecule has 2 aliphatic rings. The summed E-state index contributed by atoms with van der Waals surface area (Å²) < 4.78 is 0.869. The third-order valence-corrected chi connectivity index (χ3v) is 5.63. The van der Waals surface area contributed by atoms with Gasteiger partial charge in [-0.3, -0.25) is 0 Å². The lowest BCUT2D eigenvalue weighted by atomic mass is 9.73. The molecular weight excluding hydrogens is 238 g/mol. The summed E-state index contributed by atoms with van der Waals surface area (Å²) >= 11 is 7.68. The van der Waals surface area contributed by atoms with Crippen LogP contribution in [-0.4, -0.2) is 0 Å². The first kappa shape index (κ1) is 11.1. The smallest absolute Gasteiger partial charge is 0.0931 e. The summed E-state index contributed by atoms with van der Waals surface area (Å²) in [5.74, 6) is 1.86. The molecule has 2 N–H and O–H groups in total. The highest BCUT2D eigenvalue weighted by atomic mass is 35.5. The molecule has 0 aliphatic heterocycles. The average molecular weight is 256 g/mol. The fourth-order valence-electron chi connectivity index (χ4n) is 3.13. The van der Waals surface area contributed by atoms with E-state index in [0.717, 1.165) is 22.6 Å². The molecule has 0 spiro atoms. The normalized spacial score (nSPS) is 35.2. The van der Waals surface area contributed by atoms with Crippen LogP contribution in [0.25, 0.3) is 0 Å². The number of thiophene rings is 1. The van der Waals surface area contributed by atoms with Crippen LogP contribution in [0.15, 0.2) is 12.1 Å². The molecule has 1 aromatic heterocycles. The molecule has 88 valence electrons. The maximum Gasteiger partial charge on any atom is 0.0931 e. The van der Waals surface area contributed by atoms with Gasteiger partial charge in [-0.2, -0.15) is 0 Å². The van der Waals surface area contributed by atoms with Gasteiger partial charge >= 0.3 is 0 Å². The molecule has 1 nitrogen and oxygen atoms in total. The summed E-state index contributed by atoms with van der Waals surface area (Å²) in [6, 6.07) is 4.11. The summed E-state index contributed by atoms with van der Waals surface area (Å²) in [5, 5.41) is 0. The molecular formula is C13H18ClNS. The fraction of sp³-hybridized carbons (Fsp3) is 0.692. The molecule has 3 heteroatoms. The topological polar surface area (TPSA) is 26.0 Å². The van der Waals surface area contributed by atoms with Gasteiger partial charge in [0.1, 0.15) is 0 Å². The maximum absolute atomic E-state index is 6.60. The predicted molar refractivity (Wildman–Crippen MR) is 69.9 cm³/mol. The lowest BCUT2D eigenvalue weighted by molar-refractivity contribution is 0.210. The molecule has 0 saturated heterocycles. The first-order valence-electron chi connectivity index (χ1n) is 6.22. The van der Waals surface area contributed by atoms with Crippen LogP contribution in [0.5, 0.6) is 0 Å². The van der Waals surface area contributed by atoms with E-state index in [1.807, 2.05) is 6.07 Å². The molecule has 2 saturated carbocycles. The van der Waals surface area contributed by atoms with E-state index in [0.29, 0.717) is 0 Å². The third-order valence-electron chi connectivity index (χ3n) is 4.18. The zero-order valence-electron chi connectivity index (χ0n) is 9.42. The lowest BCUT2D eigenvalue weighted by Gasteiger charge is -2.37. The molecule has 3 rings (SSSR count). The Morgan fingerprint density at radius 2 is 2.06 bits per heavy atom. The molecule has 0 bridgehead atoms. The van der Waals surface area contributed by atoms with Gasteiger partial charge in [-0.05, 0) is 49.7 Å². The van der Waals surface area contributed by atoms with Gasteiger partial charge in [-0.15, -0.1) is 11.3 Å². The van der Waals surface area contributed by atoms with E-state index >= 15 is 0 Å². The molecule has 0 amide bonds. The Kier molecular flexibility index (Phi) is 2.77. The van der Waals surface area contributed by atoms with Crippen LogP contribution < -0.4 is 5.73 Å². The summed E-state index contributed by atoms with van der Waals surface area (Å²) in [5.41, 5.74) is 6.52. The van der Waals surface area contributed by atoms with Gasteiger partial charge in [0, 0.05) is 4.88 Å². The number of nitrogens with two attached hydrogens (primary N) is 1. The second kappa shape index (κ2) is 4.01. The third kappa shape index (κ3) is 2.03. The molecule has 2 atom stereocenters. The Balaban J connectivity index is 1.80. The highest BCUT2D eigenvalue weighted by Crippen LogP contribution is 2.49. The van der Waals surface area contributed by atoms with Crippen molar-refractivity contribution < 1.29 is 0 Å². The Bertz CT molecular complexity index is 385. The number of rotatable bonds is 2. The first-order valence-corrected chi connectivity index (χ1v) is 7.41. The SMILES string of the molecule is NC1(c2ccc(Cl)s2)CCCC(C2CC2)C1. The summed E-state index contributed by atoms with van der Waals surface area (Å²) in [4.78, 5) is 1.29. The van der Waals surface area contributed by atoms with Crippen molar-refractivity contribution in [3.63, 3.8) is 0 Å². The molecule has 1 heterocycles. The minimum Gasteiger partial charge on any atom is -0.321 e. The van der Waals surface area contributed by atoms with E-state index in [-0.39, 0.29) is 5.54 Å². The van der Waals surface area contributed by atoms with Crippen LogP contribution in [0.4, 0.5) is 0 Å². The summed E-state index contributed by atoms with van der Waals surface area (Å²) in [6.45, 7) is 0. The summed E-state index contributed by atoms with van der Waals surface area (Å²) in [6.07, 6.45) is 7.86. The molecule has 2 aliphatic carbocycles. The zero-order chi connectivity index (χ0) is 11.2. The number of hydrogen-bond donors (Lipinski definition) is 1. The molecule has 2 fully saturated rings. The van der Waals surface area contributed by atoms with Crippen molar-refractivity contribution in [2.24, 2.45) is 17.6 Å². The molecule has 0 radical (unpaired) electrons. The van der Waals surface area contributed by atoms with Crippen LogP contribution in [0, 0.1) is 11.8 Å². The molecule has 16 heavy (non-hydrogen) atoms. The van der Waals surface area contributed by atoms with Gasteiger partial charge in [0.05, 0.1) is 9.88 Å². The highest BCUT2D eigenvalue weighted by molar-refractivity contribution is 7.16. The van der Waals surface area contributed by atoms with E-state index in [9.17, 15) is 0 Å². The largest absolute Gasteiger partial charge is 0.321 e. The van der Waals surface area contributed by atoms with Crippen LogP contribution in [-0.2, 0) is 5.54 Å². The van der Waals surface area contributed by atoms with Gasteiger partial charge in [0.15, 0.2) is 0 Å². The zero-order valence-corrected chi connectivity index (χ0v) is 11.0. The van der Waals surface area contributed by atoms with Crippen molar-refractivity contribution in [3.8, 4) is 0 Å². The Morgan fingerprint density at radius 3 is 2.69 bits per heavy atom. The minimum absolute atomic E-state index is 0.0800. The van der Waals surface area contributed by atoms with Crippen molar-refractivity contribution in [2.45, 2.75) is 44.1 Å². The monoisotopic (exact) mass is 255 g/mol. The van der Waals surface area contributed by atoms with Gasteiger partial charge in [0.2, 0.25) is 0 Å². The van der Waals surface area contributed by atoms with E-state index in [4.69, 9.17) is 17.3 Å². The van der Waals surface area contributed by atoms with Gasteiger partial charge in [-0.1, -0.05) is 24.4 Å². The van der Waals surface area contributed by atoms with Crippen LogP contribution in [0.1, 0.15) is 43.4 Å². The Labute approximate surface area is 106 Å². The van der Waals surface area contributed by atoms with Crippen LogP contribution in [0.3, 0.4) is 0 Å². The van der Waals surface area contributed by atoms with E-state index in [1.165, 1.54) is 37.0 Å². The van der Waals surface area contributed by atoms with Gasteiger partial charge in [-0.25, -0.2) is 0 Å². The fourth-order valence-corrected chi connectivity index (χ4v) is 4.31. The number of hydrogen-bond acceptors (Lipinski definition) is 2. The summed E-state index contributed by atoms with van der Waals surface area (Å²) in [7, 11) is 0. The first-order chi connectivity index (χ1) is 7.67. The van der Waals surface area contributed by atoms with E-state index < -0.39 is 0 Å². The quantitative estimate of drug-likeness (QED) is 0.844. The molecule has 1 aromatic rings. The van der Waals surface area contributed by atoms with Gasteiger partial charge < -0.3 is 5.73 Å². The number of halogens is 1. The molecule has 2 unspecified atom stereocenters. The van der Waals surface area contributed by atoms with E-state index in [2.05, 4.69) is 6.07 Å². The molecule has 0 aromatic carbocycles. The minimum atomic E-state index is -0.0800. The maximum atomic E-state index is 6.60. The standard InChI is InChI=1S/C13H18ClNS/c14-12-6-5-11(16-12)13(15)7-1-2-10(8-13)9-3-4-9/h5-6,9-10H,1-4,7-8,15H2. The Morgan fingerprint density at radius 1 is 1.25 bits per heavy atom. The predicted octanol–water partition coefficient (Wildman–Crippen LogP) is 4.16. The average Bonchev–Trinajstić information content (AvgIpc) is 3.01. The van der Waals surface area contributed by atoms with Crippen LogP contribution >= 0.6 is 22.9 Å². The second-order valence-corrected chi connectivity index (χ2v) is 7.17. The second-order valence-electron chi connectivity index (χ2n) is 5.45. The van der Waals surface area contributed by atoms with Gasteiger partial charge in [0.25, 0.3) is 0 Å². The lowest BCUT2D eigenvalue weighted by Crippen LogP contribution is -2.41. The van der Waals surface area contributed by atoms with Crippen molar-refractivity contribution in [3.05, 3.63) is 21.3 Å². The van der Waals surface area contributed by atoms with Crippen molar-refractivity contribution >= 4 is 22.9 Å². The van der Waals surface area contributed by atoms with E-state index in [1.54, 1.807) is 11.3 Å². The Hall–Kier alpha value is -0.0500.